The van der Waals surface area contributed by atoms with E-state index in [2.05, 4.69) is 30.3 Å². The van der Waals surface area contributed by atoms with Crippen LogP contribution in [0, 0.1) is 0 Å². The Labute approximate surface area is 155 Å². The van der Waals surface area contributed by atoms with Crippen molar-refractivity contribution < 1.29 is 4.57 Å². The normalized spacial score (nSPS) is 17.5. The summed E-state index contributed by atoms with van der Waals surface area (Å²) >= 11 is 0. The average molecular weight is 358 g/mol. The molecule has 0 spiro atoms. The quantitative estimate of drug-likeness (QED) is 0.552. The largest absolute Gasteiger partial charge is 0.313 e. The molecule has 1 aliphatic rings. The second-order valence-corrected chi connectivity index (χ2v) is 9.77. The van der Waals surface area contributed by atoms with Crippen molar-refractivity contribution in [2.45, 2.75) is 24.9 Å². The smallest absolute Gasteiger partial charge is 0.150 e. The highest BCUT2D eigenvalue weighted by molar-refractivity contribution is 7.79. The van der Waals surface area contributed by atoms with Gasteiger partial charge in [-0.05, 0) is 30.4 Å². The van der Waals surface area contributed by atoms with Crippen LogP contribution in [0.5, 0.6) is 0 Å². The van der Waals surface area contributed by atoms with Crippen molar-refractivity contribution in [3.05, 3.63) is 103 Å². The molecule has 26 heavy (non-hydrogen) atoms. The maximum atomic E-state index is 14.7. The highest BCUT2D eigenvalue weighted by Crippen LogP contribution is 2.56. The van der Waals surface area contributed by atoms with Gasteiger partial charge in [-0.1, -0.05) is 97.1 Å². The molecule has 0 saturated carbocycles. The lowest BCUT2D eigenvalue weighted by atomic mass is 9.93. The molecule has 1 nitrogen and oxygen atoms in total. The van der Waals surface area contributed by atoms with Crippen molar-refractivity contribution in [2.24, 2.45) is 0 Å². The Morgan fingerprint density at radius 2 is 1.19 bits per heavy atom. The summed E-state index contributed by atoms with van der Waals surface area (Å²) in [7, 11) is -2.79. The first-order valence-electron chi connectivity index (χ1n) is 9.26. The van der Waals surface area contributed by atoms with Gasteiger partial charge < -0.3 is 4.57 Å². The molecule has 0 heterocycles. The lowest BCUT2D eigenvalue weighted by Gasteiger charge is -2.33. The van der Waals surface area contributed by atoms with Gasteiger partial charge in [0.25, 0.3) is 0 Å². The fourth-order valence-electron chi connectivity index (χ4n) is 3.99. The zero-order valence-corrected chi connectivity index (χ0v) is 15.7. The average Bonchev–Trinajstić information content (AvgIpc) is 2.75. The molecule has 0 N–H and O–H groups in total. The molecule has 0 radical (unpaired) electrons. The number of hydrogen-bond donors (Lipinski definition) is 0. The van der Waals surface area contributed by atoms with Crippen molar-refractivity contribution in [1.29, 1.82) is 0 Å². The van der Waals surface area contributed by atoms with E-state index in [1.165, 1.54) is 11.1 Å². The summed E-state index contributed by atoms with van der Waals surface area (Å²) < 4.78 is 14.7. The standard InChI is InChI=1S/C24H23OP/c25-26(21-14-6-2-7-15-21,22-16-8-3-9-17-22)24-19-11-10-18-23(24)20-12-4-1-5-13-20/h1-9,12-18,24H,10-11,19H2. The van der Waals surface area contributed by atoms with Crippen LogP contribution < -0.4 is 10.6 Å². The number of rotatable bonds is 4. The number of allylic oxidation sites excluding steroid dienone is 2. The second-order valence-electron chi connectivity index (χ2n) is 6.80. The summed E-state index contributed by atoms with van der Waals surface area (Å²) in [5.41, 5.74) is 2.47. The van der Waals surface area contributed by atoms with Crippen LogP contribution in [0.3, 0.4) is 0 Å². The van der Waals surface area contributed by atoms with E-state index in [0.29, 0.717) is 0 Å². The van der Waals surface area contributed by atoms with Crippen molar-refractivity contribution in [1.82, 2.24) is 0 Å². The first-order valence-corrected chi connectivity index (χ1v) is 11.0. The minimum absolute atomic E-state index is 0.0310. The minimum Gasteiger partial charge on any atom is -0.313 e. The number of hydrogen-bond acceptors (Lipinski definition) is 1. The molecule has 4 rings (SSSR count). The predicted octanol–water partition coefficient (Wildman–Crippen LogP) is 5.64. The van der Waals surface area contributed by atoms with E-state index in [0.717, 1.165) is 29.9 Å². The fraction of sp³-hybridized carbons (Fsp3) is 0.167. The molecule has 2 heteroatoms. The van der Waals surface area contributed by atoms with Gasteiger partial charge in [-0.15, -0.1) is 0 Å². The third-order valence-corrected chi connectivity index (χ3v) is 8.78. The molecule has 3 aromatic carbocycles. The van der Waals surface area contributed by atoms with Gasteiger partial charge in [0.2, 0.25) is 0 Å². The molecule has 1 aliphatic carbocycles. The Morgan fingerprint density at radius 1 is 0.692 bits per heavy atom. The Balaban J connectivity index is 1.90. The van der Waals surface area contributed by atoms with Crippen LogP contribution in [-0.2, 0) is 4.57 Å². The van der Waals surface area contributed by atoms with Crippen LogP contribution in [0.1, 0.15) is 24.8 Å². The highest BCUT2D eigenvalue weighted by atomic mass is 31.2. The van der Waals surface area contributed by atoms with E-state index in [9.17, 15) is 4.57 Å². The molecule has 3 aromatic rings. The monoisotopic (exact) mass is 358 g/mol. The molecular formula is C24H23OP. The molecule has 0 saturated heterocycles. The molecule has 1 atom stereocenters. The topological polar surface area (TPSA) is 17.1 Å². The Hall–Kier alpha value is -2.37. The molecule has 0 aromatic heterocycles. The maximum Gasteiger partial charge on any atom is 0.150 e. The molecule has 0 bridgehead atoms. The van der Waals surface area contributed by atoms with Crippen LogP contribution in [0.2, 0.25) is 0 Å². The van der Waals surface area contributed by atoms with Gasteiger partial charge in [0.1, 0.15) is 7.14 Å². The van der Waals surface area contributed by atoms with Gasteiger partial charge in [-0.2, -0.15) is 0 Å². The third kappa shape index (κ3) is 3.08. The van der Waals surface area contributed by atoms with Gasteiger partial charge in [0, 0.05) is 16.3 Å². The zero-order chi connectivity index (χ0) is 17.8. The first-order chi connectivity index (χ1) is 12.8. The summed E-state index contributed by atoms with van der Waals surface area (Å²) in [6.07, 6.45) is 5.42. The Morgan fingerprint density at radius 3 is 1.73 bits per heavy atom. The van der Waals surface area contributed by atoms with Crippen molar-refractivity contribution >= 4 is 23.3 Å². The number of benzene rings is 3. The molecule has 130 valence electrons. The van der Waals surface area contributed by atoms with E-state index in [1.54, 1.807) is 0 Å². The Kier molecular flexibility index (Phi) is 4.91. The van der Waals surface area contributed by atoms with Gasteiger partial charge >= 0.3 is 0 Å². The van der Waals surface area contributed by atoms with E-state index in [-0.39, 0.29) is 5.66 Å². The zero-order valence-electron chi connectivity index (χ0n) is 14.8. The van der Waals surface area contributed by atoms with Gasteiger partial charge in [-0.25, -0.2) is 0 Å². The second kappa shape index (κ2) is 7.48. The maximum absolute atomic E-state index is 14.7. The summed E-state index contributed by atoms with van der Waals surface area (Å²) in [5, 5.41) is 1.92. The van der Waals surface area contributed by atoms with Gasteiger partial charge in [-0.3, -0.25) is 0 Å². The van der Waals surface area contributed by atoms with E-state index in [1.807, 2.05) is 66.7 Å². The van der Waals surface area contributed by atoms with E-state index >= 15 is 0 Å². The molecule has 0 amide bonds. The highest BCUT2D eigenvalue weighted by Gasteiger charge is 2.39. The van der Waals surface area contributed by atoms with Crippen LogP contribution in [0.25, 0.3) is 5.57 Å². The fourth-order valence-corrected chi connectivity index (χ4v) is 7.43. The van der Waals surface area contributed by atoms with Gasteiger partial charge in [0.15, 0.2) is 0 Å². The van der Waals surface area contributed by atoms with Crippen LogP contribution >= 0.6 is 7.14 Å². The summed E-state index contributed by atoms with van der Waals surface area (Å²) in [5.74, 6) is 0. The molecule has 0 aliphatic heterocycles. The predicted molar refractivity (Wildman–Crippen MR) is 112 cm³/mol. The van der Waals surface area contributed by atoms with Crippen LogP contribution in [0.15, 0.2) is 97.1 Å². The Bertz CT molecular complexity index is 886. The summed E-state index contributed by atoms with van der Waals surface area (Å²) in [6.45, 7) is 0. The lowest BCUT2D eigenvalue weighted by molar-refractivity contribution is 0.577. The summed E-state index contributed by atoms with van der Waals surface area (Å²) in [4.78, 5) is 0. The van der Waals surface area contributed by atoms with Crippen molar-refractivity contribution in [3.63, 3.8) is 0 Å². The van der Waals surface area contributed by atoms with Gasteiger partial charge in [0.05, 0.1) is 0 Å². The van der Waals surface area contributed by atoms with Crippen LogP contribution in [-0.4, -0.2) is 5.66 Å². The third-order valence-electron chi connectivity index (χ3n) is 5.23. The molecule has 1 unspecified atom stereocenters. The van der Waals surface area contributed by atoms with E-state index < -0.39 is 7.14 Å². The molecular weight excluding hydrogens is 335 g/mol. The SMILES string of the molecule is O=P(c1ccccc1)(c1ccccc1)C1CCCC=C1c1ccccc1. The van der Waals surface area contributed by atoms with Crippen LogP contribution in [0.4, 0.5) is 0 Å². The first kappa shape index (κ1) is 17.1. The molecule has 0 fully saturated rings. The van der Waals surface area contributed by atoms with Crippen molar-refractivity contribution in [3.8, 4) is 0 Å². The van der Waals surface area contributed by atoms with Crippen molar-refractivity contribution in [2.75, 3.05) is 0 Å². The minimum atomic E-state index is -2.79. The van der Waals surface area contributed by atoms with E-state index in [4.69, 9.17) is 0 Å². The summed E-state index contributed by atoms with van der Waals surface area (Å²) in [6, 6.07) is 30.6. The lowest BCUT2D eigenvalue weighted by Crippen LogP contribution is -2.28.